The van der Waals surface area contributed by atoms with Crippen LogP contribution in [0.4, 0.5) is 5.69 Å². The minimum absolute atomic E-state index is 0.0113. The van der Waals surface area contributed by atoms with E-state index in [9.17, 15) is 9.59 Å². The normalized spacial score (nSPS) is 36.2. The molecular weight excluding hydrogens is 322 g/mol. The van der Waals surface area contributed by atoms with E-state index in [4.69, 9.17) is 0 Å². The number of nitrogens with zero attached hydrogens (tertiary/aromatic N) is 1. The van der Waals surface area contributed by atoms with E-state index in [1.807, 2.05) is 42.5 Å². The van der Waals surface area contributed by atoms with E-state index in [1.165, 1.54) is 11.3 Å². The maximum Gasteiger partial charge on any atom is 0.238 e. The number of hydrogen-bond acceptors (Lipinski definition) is 2. The van der Waals surface area contributed by atoms with Gasteiger partial charge in [-0.05, 0) is 53.4 Å². The summed E-state index contributed by atoms with van der Waals surface area (Å²) in [5, 5.41) is 0. The van der Waals surface area contributed by atoms with Crippen molar-refractivity contribution in [3.63, 3.8) is 0 Å². The van der Waals surface area contributed by atoms with Crippen LogP contribution in [-0.4, -0.2) is 11.8 Å². The average Bonchev–Trinajstić information content (AvgIpc) is 3.47. The van der Waals surface area contributed by atoms with E-state index < -0.39 is 0 Å². The molecular formula is C23H19NO2. The molecule has 0 radical (unpaired) electrons. The second-order valence-corrected chi connectivity index (χ2v) is 8.08. The van der Waals surface area contributed by atoms with E-state index in [-0.39, 0.29) is 35.5 Å². The molecule has 3 nitrogen and oxygen atoms in total. The Hall–Kier alpha value is -2.68. The van der Waals surface area contributed by atoms with Gasteiger partial charge >= 0.3 is 0 Å². The Kier molecular flexibility index (Phi) is 2.75. The Bertz CT molecular complexity index is 910. The van der Waals surface area contributed by atoms with Crippen molar-refractivity contribution in [3.8, 4) is 11.1 Å². The Morgan fingerprint density at radius 3 is 1.81 bits per heavy atom. The number of carbonyl (C=O) groups excluding carboxylic acids is 2. The highest BCUT2D eigenvalue weighted by molar-refractivity contribution is 6.22. The molecule has 0 N–H and O–H groups in total. The fourth-order valence-electron chi connectivity index (χ4n) is 5.65. The minimum atomic E-state index is -0.130. The van der Waals surface area contributed by atoms with Gasteiger partial charge in [-0.25, -0.2) is 0 Å². The zero-order chi connectivity index (χ0) is 17.4. The number of anilines is 1. The zero-order valence-electron chi connectivity index (χ0n) is 14.3. The van der Waals surface area contributed by atoms with Crippen LogP contribution in [0, 0.1) is 35.5 Å². The maximum atomic E-state index is 13.1. The molecule has 0 aromatic heterocycles. The average molecular weight is 341 g/mol. The lowest BCUT2D eigenvalue weighted by molar-refractivity contribution is -0.124. The standard InChI is InChI=1S/C23H19NO2/c25-22-20-16-10-11-17(19-12-18(16)19)21(20)23(26)24(22)15-8-6-14(7-9-15)13-4-2-1-3-5-13/h1-11,16-21H,12H2/t16-,17-,18-,19-,20+,21+/m0/s1. The van der Waals surface area contributed by atoms with Crippen molar-refractivity contribution < 1.29 is 9.59 Å². The summed E-state index contributed by atoms with van der Waals surface area (Å²) < 4.78 is 0. The molecule has 2 saturated carbocycles. The van der Waals surface area contributed by atoms with Crippen molar-refractivity contribution in [1.29, 1.82) is 0 Å². The number of carbonyl (C=O) groups is 2. The van der Waals surface area contributed by atoms with Crippen molar-refractivity contribution in [2.45, 2.75) is 6.42 Å². The van der Waals surface area contributed by atoms with Crippen LogP contribution in [0.25, 0.3) is 11.1 Å². The van der Waals surface area contributed by atoms with Crippen LogP contribution in [0.1, 0.15) is 6.42 Å². The van der Waals surface area contributed by atoms with Crippen LogP contribution >= 0.6 is 0 Å². The smallest absolute Gasteiger partial charge is 0.238 e. The molecule has 26 heavy (non-hydrogen) atoms. The molecule has 0 unspecified atom stereocenters. The van der Waals surface area contributed by atoms with E-state index in [0.717, 1.165) is 11.1 Å². The van der Waals surface area contributed by atoms with Crippen LogP contribution < -0.4 is 4.90 Å². The summed E-state index contributed by atoms with van der Waals surface area (Å²) in [7, 11) is 0. The maximum absolute atomic E-state index is 13.1. The molecule has 5 aliphatic rings. The largest absolute Gasteiger partial charge is 0.274 e. The summed E-state index contributed by atoms with van der Waals surface area (Å²) in [5.41, 5.74) is 2.94. The monoisotopic (exact) mass is 341 g/mol. The first-order valence-electron chi connectivity index (χ1n) is 9.45. The fraction of sp³-hybridized carbons (Fsp3) is 0.304. The Labute approximate surface area is 152 Å². The van der Waals surface area contributed by atoms with Gasteiger partial charge in [0, 0.05) is 0 Å². The molecule has 0 spiro atoms. The van der Waals surface area contributed by atoms with E-state index >= 15 is 0 Å². The first-order valence-corrected chi connectivity index (χ1v) is 9.45. The first kappa shape index (κ1) is 14.5. The zero-order valence-corrected chi connectivity index (χ0v) is 14.3. The number of hydrogen-bond donors (Lipinski definition) is 0. The number of rotatable bonds is 2. The van der Waals surface area contributed by atoms with Gasteiger partial charge in [-0.3, -0.25) is 14.5 Å². The lowest BCUT2D eigenvalue weighted by Gasteiger charge is -2.37. The summed E-state index contributed by atoms with van der Waals surface area (Å²) in [5.74, 6) is 1.60. The number of benzene rings is 2. The quantitative estimate of drug-likeness (QED) is 0.613. The van der Waals surface area contributed by atoms with Crippen molar-refractivity contribution >= 4 is 17.5 Å². The summed E-state index contributed by atoms with van der Waals surface area (Å²) >= 11 is 0. The third-order valence-corrected chi connectivity index (χ3v) is 6.90. The van der Waals surface area contributed by atoms with Gasteiger partial charge in [0.25, 0.3) is 0 Å². The topological polar surface area (TPSA) is 37.4 Å². The van der Waals surface area contributed by atoms with Crippen LogP contribution in [-0.2, 0) is 9.59 Å². The van der Waals surface area contributed by atoms with Gasteiger partial charge in [-0.15, -0.1) is 0 Å². The molecule has 7 rings (SSSR count). The lowest BCUT2D eigenvalue weighted by atomic mass is 9.63. The summed E-state index contributed by atoms with van der Waals surface area (Å²) in [6.45, 7) is 0. The van der Waals surface area contributed by atoms with Gasteiger partial charge in [-0.2, -0.15) is 0 Å². The molecule has 2 amide bonds. The highest BCUT2D eigenvalue weighted by Gasteiger charge is 2.67. The molecule has 4 aliphatic carbocycles. The molecule has 3 heteroatoms. The molecule has 2 aromatic rings. The van der Waals surface area contributed by atoms with Crippen LogP contribution in [0.15, 0.2) is 66.7 Å². The summed E-state index contributed by atoms with van der Waals surface area (Å²) in [6.07, 6.45) is 5.63. The predicted octanol–water partition coefficient (Wildman–Crippen LogP) is 3.91. The van der Waals surface area contributed by atoms with Crippen molar-refractivity contribution in [2.24, 2.45) is 35.5 Å². The van der Waals surface area contributed by atoms with Crippen LogP contribution in [0.2, 0.25) is 0 Å². The molecule has 1 heterocycles. The molecule has 128 valence electrons. The lowest BCUT2D eigenvalue weighted by Crippen LogP contribution is -2.40. The van der Waals surface area contributed by atoms with Crippen LogP contribution in [0.3, 0.4) is 0 Å². The molecule has 2 bridgehead atoms. The van der Waals surface area contributed by atoms with E-state index in [2.05, 4.69) is 24.3 Å². The molecule has 2 aromatic carbocycles. The van der Waals surface area contributed by atoms with Crippen molar-refractivity contribution in [3.05, 3.63) is 66.7 Å². The van der Waals surface area contributed by atoms with Gasteiger partial charge in [0.2, 0.25) is 11.8 Å². The highest BCUT2D eigenvalue weighted by Crippen LogP contribution is 2.65. The third-order valence-electron chi connectivity index (χ3n) is 6.90. The highest BCUT2D eigenvalue weighted by atomic mass is 16.2. The molecule has 3 fully saturated rings. The first-order chi connectivity index (χ1) is 12.7. The molecule has 1 saturated heterocycles. The Morgan fingerprint density at radius 2 is 1.23 bits per heavy atom. The van der Waals surface area contributed by atoms with E-state index in [0.29, 0.717) is 17.5 Å². The van der Waals surface area contributed by atoms with Gasteiger partial charge in [0.15, 0.2) is 0 Å². The summed E-state index contributed by atoms with van der Waals surface area (Å²) in [4.78, 5) is 27.7. The number of allylic oxidation sites excluding steroid dienone is 2. The van der Waals surface area contributed by atoms with Crippen molar-refractivity contribution in [1.82, 2.24) is 0 Å². The predicted molar refractivity (Wildman–Crippen MR) is 99.1 cm³/mol. The Balaban J connectivity index is 1.35. The second kappa shape index (κ2) is 4.94. The van der Waals surface area contributed by atoms with Gasteiger partial charge < -0.3 is 0 Å². The third kappa shape index (κ3) is 1.78. The number of amides is 2. The Morgan fingerprint density at radius 1 is 0.692 bits per heavy atom. The minimum Gasteiger partial charge on any atom is -0.274 e. The van der Waals surface area contributed by atoms with Crippen LogP contribution in [0.5, 0.6) is 0 Å². The molecule has 6 atom stereocenters. The summed E-state index contributed by atoms with van der Waals surface area (Å²) in [6, 6.07) is 17.9. The fourth-order valence-corrected chi connectivity index (χ4v) is 5.65. The van der Waals surface area contributed by atoms with Gasteiger partial charge in [0.05, 0.1) is 17.5 Å². The number of imide groups is 1. The molecule has 1 aliphatic heterocycles. The SMILES string of the molecule is O=C1[C@@H]2[C@H]3C=C[C@@H]([C@@H]4C[C@@H]34)[C@H]2C(=O)N1c1ccc(-c2ccccc2)cc1. The van der Waals surface area contributed by atoms with E-state index in [1.54, 1.807) is 0 Å². The van der Waals surface area contributed by atoms with Gasteiger partial charge in [0.1, 0.15) is 0 Å². The second-order valence-electron chi connectivity index (χ2n) is 8.08. The van der Waals surface area contributed by atoms with Crippen molar-refractivity contribution in [2.75, 3.05) is 4.90 Å². The van der Waals surface area contributed by atoms with Gasteiger partial charge in [-0.1, -0.05) is 54.6 Å².